The molecule has 1 heterocycles. The van der Waals surface area contributed by atoms with Crippen molar-refractivity contribution in [2.24, 2.45) is 0 Å². The first-order valence-electron chi connectivity index (χ1n) is 9.35. The molecule has 0 aliphatic rings. The number of carbonyl (C=O) groups excluding carboxylic acids is 2. The summed E-state index contributed by atoms with van der Waals surface area (Å²) >= 11 is 0. The van der Waals surface area contributed by atoms with E-state index in [1.165, 1.54) is 31.2 Å². The van der Waals surface area contributed by atoms with Crippen LogP contribution in [0.3, 0.4) is 0 Å². The highest BCUT2D eigenvalue weighted by Crippen LogP contribution is 2.30. The molecule has 6 nitrogen and oxygen atoms in total. The number of esters is 1. The number of alkyl halides is 3. The van der Waals surface area contributed by atoms with E-state index in [1.807, 2.05) is 6.92 Å². The second-order valence-corrected chi connectivity index (χ2v) is 6.43. The van der Waals surface area contributed by atoms with Gasteiger partial charge in [-0.1, -0.05) is 13.3 Å². The van der Waals surface area contributed by atoms with E-state index in [1.54, 1.807) is 0 Å². The van der Waals surface area contributed by atoms with E-state index in [-0.39, 0.29) is 18.9 Å². The first-order valence-corrected chi connectivity index (χ1v) is 9.35. The van der Waals surface area contributed by atoms with Gasteiger partial charge in [-0.3, -0.25) is 9.59 Å². The van der Waals surface area contributed by atoms with Crippen LogP contribution >= 0.6 is 0 Å². The lowest BCUT2D eigenvalue weighted by molar-refractivity contribution is -0.147. The van der Waals surface area contributed by atoms with Crippen LogP contribution in [0.5, 0.6) is 17.4 Å². The van der Waals surface area contributed by atoms with Gasteiger partial charge in [0.1, 0.15) is 17.9 Å². The van der Waals surface area contributed by atoms with E-state index in [9.17, 15) is 22.8 Å². The molecule has 0 aliphatic carbocycles. The lowest BCUT2D eigenvalue weighted by Gasteiger charge is -2.14. The molecule has 9 heteroatoms. The van der Waals surface area contributed by atoms with Gasteiger partial charge in [0.05, 0.1) is 12.2 Å². The van der Waals surface area contributed by atoms with Gasteiger partial charge in [0.15, 0.2) is 11.9 Å². The summed E-state index contributed by atoms with van der Waals surface area (Å²) in [6.45, 7) is 3.77. The Bertz CT molecular complexity index is 835. The summed E-state index contributed by atoms with van der Waals surface area (Å²) in [5.41, 5.74) is -0.869. The summed E-state index contributed by atoms with van der Waals surface area (Å²) in [6, 6.07) is 8.09. The third-order valence-corrected chi connectivity index (χ3v) is 3.96. The molecule has 0 spiro atoms. The molecular weight excluding hydrogens is 403 g/mol. The molecule has 0 fully saturated rings. The first-order chi connectivity index (χ1) is 14.2. The highest BCUT2D eigenvalue weighted by Gasteiger charge is 2.30. The first kappa shape index (κ1) is 23.2. The zero-order valence-electron chi connectivity index (χ0n) is 16.6. The second kappa shape index (κ2) is 10.6. The molecule has 30 heavy (non-hydrogen) atoms. The quantitative estimate of drug-likeness (QED) is 0.304. The van der Waals surface area contributed by atoms with Gasteiger partial charge in [0, 0.05) is 12.3 Å². The molecule has 1 unspecified atom stereocenters. The van der Waals surface area contributed by atoms with Crippen molar-refractivity contribution in [3.05, 3.63) is 48.2 Å². The molecule has 0 saturated carbocycles. The molecule has 0 amide bonds. The minimum absolute atomic E-state index is 0.00167. The molecule has 162 valence electrons. The van der Waals surface area contributed by atoms with Gasteiger partial charge < -0.3 is 14.2 Å². The highest BCUT2D eigenvalue weighted by molar-refractivity contribution is 5.97. The average Bonchev–Trinajstić information content (AvgIpc) is 2.69. The van der Waals surface area contributed by atoms with Gasteiger partial charge in [-0.15, -0.1) is 0 Å². The van der Waals surface area contributed by atoms with E-state index in [0.29, 0.717) is 17.7 Å². The van der Waals surface area contributed by atoms with E-state index < -0.39 is 29.6 Å². The zero-order chi connectivity index (χ0) is 22.1. The number of nitrogens with zero attached hydrogens (tertiary/aromatic N) is 1. The van der Waals surface area contributed by atoms with Crippen LogP contribution in [0.2, 0.25) is 0 Å². The average molecular weight is 425 g/mol. The molecule has 2 rings (SSSR count). The van der Waals surface area contributed by atoms with Crippen LogP contribution in [-0.2, 0) is 20.5 Å². The zero-order valence-corrected chi connectivity index (χ0v) is 16.6. The highest BCUT2D eigenvalue weighted by atomic mass is 19.4. The SMILES string of the molecule is CCCCOC(=O)CC(=O)C(C)Oc1ccc(Oc2ccc(C(F)(F)F)cn2)cc1. The number of unbranched alkanes of at least 4 members (excludes halogenated alkanes) is 1. The number of Topliss-reactive ketones (excluding diaryl/α,β-unsaturated/α-hetero) is 1. The predicted octanol–water partition coefficient (Wildman–Crippen LogP) is 4.96. The molecule has 0 aliphatic heterocycles. The smallest absolute Gasteiger partial charge is 0.417 e. The van der Waals surface area contributed by atoms with Crippen LogP contribution in [0, 0.1) is 0 Å². The maximum atomic E-state index is 12.5. The Kier molecular flexibility index (Phi) is 8.20. The van der Waals surface area contributed by atoms with Crippen molar-refractivity contribution in [3.8, 4) is 17.4 Å². The van der Waals surface area contributed by atoms with E-state index >= 15 is 0 Å². The Balaban J connectivity index is 1.86. The number of halogens is 3. The molecule has 0 N–H and O–H groups in total. The Hall–Kier alpha value is -3.10. The number of aromatic nitrogens is 1. The van der Waals surface area contributed by atoms with E-state index in [2.05, 4.69) is 4.98 Å². The lowest BCUT2D eigenvalue weighted by Crippen LogP contribution is -2.26. The Morgan fingerprint density at radius 1 is 1.07 bits per heavy atom. The van der Waals surface area contributed by atoms with Crippen molar-refractivity contribution in [1.82, 2.24) is 4.98 Å². The molecule has 1 aromatic carbocycles. The fourth-order valence-corrected chi connectivity index (χ4v) is 2.25. The normalized spacial score (nSPS) is 12.2. The third kappa shape index (κ3) is 7.38. The van der Waals surface area contributed by atoms with Crippen molar-refractivity contribution in [3.63, 3.8) is 0 Å². The minimum atomic E-state index is -4.47. The lowest BCUT2D eigenvalue weighted by atomic mass is 10.2. The number of carbonyl (C=O) groups is 2. The van der Waals surface area contributed by atoms with Crippen molar-refractivity contribution in [1.29, 1.82) is 0 Å². The summed E-state index contributed by atoms with van der Waals surface area (Å²) < 4.78 is 53.5. The van der Waals surface area contributed by atoms with Gasteiger partial charge in [-0.2, -0.15) is 13.2 Å². The van der Waals surface area contributed by atoms with Crippen LogP contribution < -0.4 is 9.47 Å². The standard InChI is InChI=1S/C21H22F3NO5/c1-3-4-11-28-20(27)12-18(26)14(2)29-16-6-8-17(9-7-16)30-19-10-5-15(13-25-19)21(22,23)24/h5-10,13-14H,3-4,11-12H2,1-2H3. The fourth-order valence-electron chi connectivity index (χ4n) is 2.25. The largest absolute Gasteiger partial charge is 0.483 e. The van der Waals surface area contributed by atoms with Crippen molar-refractivity contribution in [2.45, 2.75) is 45.4 Å². The Labute approximate surface area is 172 Å². The van der Waals surface area contributed by atoms with Crippen molar-refractivity contribution >= 4 is 11.8 Å². The van der Waals surface area contributed by atoms with Gasteiger partial charge in [-0.25, -0.2) is 4.98 Å². The number of hydrogen-bond donors (Lipinski definition) is 0. The topological polar surface area (TPSA) is 74.7 Å². The maximum absolute atomic E-state index is 12.5. The number of hydrogen-bond acceptors (Lipinski definition) is 6. The summed E-state index contributed by atoms with van der Waals surface area (Å²) in [4.78, 5) is 27.3. The molecule has 0 bridgehead atoms. The fraction of sp³-hybridized carbons (Fsp3) is 0.381. The molecule has 0 radical (unpaired) electrons. The van der Waals surface area contributed by atoms with Crippen LogP contribution in [-0.4, -0.2) is 29.4 Å². The number of ketones is 1. The van der Waals surface area contributed by atoms with Gasteiger partial charge in [-0.05, 0) is 43.7 Å². The van der Waals surface area contributed by atoms with Gasteiger partial charge in [0.2, 0.25) is 5.88 Å². The summed E-state index contributed by atoms with van der Waals surface area (Å²) in [5.74, 6) is -0.305. The maximum Gasteiger partial charge on any atom is 0.417 e. The van der Waals surface area contributed by atoms with E-state index in [0.717, 1.165) is 25.0 Å². The predicted molar refractivity (Wildman–Crippen MR) is 101 cm³/mol. The number of benzene rings is 1. The van der Waals surface area contributed by atoms with Crippen LogP contribution in [0.4, 0.5) is 13.2 Å². The Morgan fingerprint density at radius 3 is 2.30 bits per heavy atom. The number of rotatable bonds is 10. The number of pyridine rings is 1. The summed E-state index contributed by atoms with van der Waals surface area (Å²) in [5, 5.41) is 0. The van der Waals surface area contributed by atoms with Gasteiger partial charge >= 0.3 is 12.1 Å². The molecule has 1 aromatic heterocycles. The summed E-state index contributed by atoms with van der Waals surface area (Å²) in [7, 11) is 0. The molecule has 1 atom stereocenters. The van der Waals surface area contributed by atoms with Crippen molar-refractivity contribution in [2.75, 3.05) is 6.61 Å². The Morgan fingerprint density at radius 2 is 1.73 bits per heavy atom. The van der Waals surface area contributed by atoms with E-state index in [4.69, 9.17) is 14.2 Å². The molecular formula is C21H22F3NO5. The molecule has 0 saturated heterocycles. The molecule has 2 aromatic rings. The van der Waals surface area contributed by atoms with Crippen molar-refractivity contribution < 1.29 is 37.0 Å². The monoisotopic (exact) mass is 425 g/mol. The van der Waals surface area contributed by atoms with Crippen LogP contribution in [0.1, 0.15) is 38.7 Å². The number of ether oxygens (including phenoxy) is 3. The second-order valence-electron chi connectivity index (χ2n) is 6.43. The van der Waals surface area contributed by atoms with Gasteiger partial charge in [0.25, 0.3) is 0 Å². The third-order valence-electron chi connectivity index (χ3n) is 3.96. The van der Waals surface area contributed by atoms with Crippen LogP contribution in [0.25, 0.3) is 0 Å². The van der Waals surface area contributed by atoms with Crippen LogP contribution in [0.15, 0.2) is 42.6 Å². The summed E-state index contributed by atoms with van der Waals surface area (Å²) in [6.07, 6.45) is -3.38. The minimum Gasteiger partial charge on any atom is -0.483 e.